The Balaban J connectivity index is 1.94. The van der Waals surface area contributed by atoms with Crippen LogP contribution in [0.15, 0.2) is 22.8 Å². The van der Waals surface area contributed by atoms with Gasteiger partial charge in [-0.3, -0.25) is 4.90 Å². The predicted octanol–water partition coefficient (Wildman–Crippen LogP) is 2.25. The second kappa shape index (κ2) is 3.20. The van der Waals surface area contributed by atoms with E-state index in [9.17, 15) is 4.79 Å². The van der Waals surface area contributed by atoms with Crippen molar-refractivity contribution in [3.8, 4) is 0 Å². The van der Waals surface area contributed by atoms with Crippen molar-refractivity contribution < 1.29 is 4.79 Å². The average molecular weight is 282 g/mol. The smallest absolute Gasteiger partial charge is 0.320 e. The topological polar surface area (TPSA) is 36.4 Å². The Morgan fingerprint density at radius 2 is 2.19 bits per heavy atom. The van der Waals surface area contributed by atoms with Crippen LogP contribution in [0.4, 0.5) is 10.6 Å². The maximum absolute atomic E-state index is 12.1. The molecule has 0 unspecified atom stereocenters. The lowest BCUT2D eigenvalue weighted by atomic mass is 10.3. The fourth-order valence-electron chi connectivity index (χ4n) is 2.22. The number of carbonyl (C=O) groups is 1. The van der Waals surface area contributed by atoms with Gasteiger partial charge >= 0.3 is 6.03 Å². The molecule has 4 nitrogen and oxygen atoms in total. The first-order valence-electron chi connectivity index (χ1n) is 5.30. The first kappa shape index (κ1) is 10.1. The van der Waals surface area contributed by atoms with E-state index in [1.165, 1.54) is 0 Å². The molecule has 2 fully saturated rings. The van der Waals surface area contributed by atoms with E-state index in [0.717, 1.165) is 29.8 Å². The second-order valence-corrected chi connectivity index (χ2v) is 5.28. The van der Waals surface area contributed by atoms with E-state index in [1.54, 1.807) is 4.90 Å². The molecule has 1 saturated heterocycles. The van der Waals surface area contributed by atoms with Crippen LogP contribution in [0.5, 0.6) is 0 Å². The van der Waals surface area contributed by atoms with Gasteiger partial charge in [-0.05, 0) is 40.9 Å². The summed E-state index contributed by atoms with van der Waals surface area (Å²) in [6.45, 7) is 0.770. The third-order valence-corrected chi connectivity index (χ3v) is 3.93. The van der Waals surface area contributed by atoms with Crippen molar-refractivity contribution >= 4 is 27.8 Å². The summed E-state index contributed by atoms with van der Waals surface area (Å²) in [6, 6.07) is 5.69. The van der Waals surface area contributed by atoms with Gasteiger partial charge in [0.05, 0.1) is 12.1 Å². The number of halogens is 1. The minimum absolute atomic E-state index is 0.0584. The minimum Gasteiger partial charge on any atom is -0.320 e. The molecule has 5 heteroatoms. The summed E-state index contributed by atoms with van der Waals surface area (Å²) in [5.74, 6) is 0.731. The highest BCUT2D eigenvalue weighted by Gasteiger charge is 2.56. The standard InChI is InChI=1S/C11H12BrN3O/c1-14-10(16)15(7-11(14)5-6-11)9-4-2-3-8(12)13-9/h2-4H,5-7H2,1H3. The van der Waals surface area contributed by atoms with E-state index in [4.69, 9.17) is 0 Å². The van der Waals surface area contributed by atoms with Gasteiger partial charge < -0.3 is 4.90 Å². The van der Waals surface area contributed by atoms with E-state index in [2.05, 4.69) is 20.9 Å². The first-order chi connectivity index (χ1) is 7.62. The lowest BCUT2D eigenvalue weighted by Crippen LogP contribution is -2.32. The number of hydrogen-bond donors (Lipinski definition) is 0. The predicted molar refractivity (Wildman–Crippen MR) is 64.4 cm³/mol. The molecule has 2 aliphatic rings. The quantitative estimate of drug-likeness (QED) is 0.741. The SMILES string of the molecule is CN1C(=O)N(c2cccc(Br)n2)CC12CC2. The van der Waals surface area contributed by atoms with E-state index in [-0.39, 0.29) is 11.6 Å². The van der Waals surface area contributed by atoms with Crippen LogP contribution in [0.25, 0.3) is 0 Å². The Labute approximate surface area is 102 Å². The number of nitrogens with zero attached hydrogens (tertiary/aromatic N) is 3. The van der Waals surface area contributed by atoms with Crippen LogP contribution in [0.3, 0.4) is 0 Å². The Morgan fingerprint density at radius 1 is 1.44 bits per heavy atom. The lowest BCUT2D eigenvalue weighted by Gasteiger charge is -2.15. The molecule has 0 bridgehead atoms. The summed E-state index contributed by atoms with van der Waals surface area (Å²) in [4.78, 5) is 20.0. The minimum atomic E-state index is 0.0584. The maximum Gasteiger partial charge on any atom is 0.326 e. The van der Waals surface area contributed by atoms with Crippen LogP contribution in [-0.4, -0.2) is 35.0 Å². The van der Waals surface area contributed by atoms with Gasteiger partial charge in [-0.2, -0.15) is 0 Å². The zero-order valence-electron chi connectivity index (χ0n) is 8.98. The molecule has 1 spiro atoms. The summed E-state index contributed by atoms with van der Waals surface area (Å²) in [5, 5.41) is 0. The summed E-state index contributed by atoms with van der Waals surface area (Å²) in [6.07, 6.45) is 2.22. The number of aromatic nitrogens is 1. The van der Waals surface area contributed by atoms with Crippen LogP contribution in [0.1, 0.15) is 12.8 Å². The molecule has 2 amide bonds. The maximum atomic E-state index is 12.1. The van der Waals surface area contributed by atoms with Gasteiger partial charge in [0.15, 0.2) is 0 Å². The molecule has 3 rings (SSSR count). The number of carbonyl (C=O) groups excluding carboxylic acids is 1. The third-order valence-electron chi connectivity index (χ3n) is 3.49. The highest BCUT2D eigenvalue weighted by Crippen LogP contribution is 2.46. The fourth-order valence-corrected chi connectivity index (χ4v) is 2.55. The van der Waals surface area contributed by atoms with Gasteiger partial charge in [0.2, 0.25) is 0 Å². The van der Waals surface area contributed by atoms with Crippen LogP contribution < -0.4 is 4.90 Å². The summed E-state index contributed by atoms with van der Waals surface area (Å²) in [7, 11) is 1.88. The molecule has 84 valence electrons. The van der Waals surface area contributed by atoms with Crippen molar-refractivity contribution in [2.75, 3.05) is 18.5 Å². The largest absolute Gasteiger partial charge is 0.326 e. The highest BCUT2D eigenvalue weighted by molar-refractivity contribution is 9.10. The van der Waals surface area contributed by atoms with Crippen molar-refractivity contribution in [2.24, 2.45) is 0 Å². The number of pyridine rings is 1. The number of rotatable bonds is 1. The fraction of sp³-hybridized carbons (Fsp3) is 0.455. The van der Waals surface area contributed by atoms with Gasteiger partial charge in [0.25, 0.3) is 0 Å². The monoisotopic (exact) mass is 281 g/mol. The Hall–Kier alpha value is -1.10. The van der Waals surface area contributed by atoms with Crippen LogP contribution in [0.2, 0.25) is 0 Å². The first-order valence-corrected chi connectivity index (χ1v) is 6.10. The normalized spacial score (nSPS) is 22.0. The van der Waals surface area contributed by atoms with Crippen LogP contribution >= 0.6 is 15.9 Å². The molecule has 1 aliphatic carbocycles. The number of anilines is 1. The van der Waals surface area contributed by atoms with Crippen LogP contribution in [0, 0.1) is 0 Å². The molecule has 1 aliphatic heterocycles. The molecule has 1 aromatic rings. The van der Waals surface area contributed by atoms with Gasteiger partial charge in [0, 0.05) is 7.05 Å². The summed E-state index contributed by atoms with van der Waals surface area (Å²) >= 11 is 3.33. The number of urea groups is 1. The molecule has 0 aromatic carbocycles. The molecule has 0 radical (unpaired) electrons. The molecule has 16 heavy (non-hydrogen) atoms. The molecule has 1 saturated carbocycles. The zero-order valence-corrected chi connectivity index (χ0v) is 10.6. The summed E-state index contributed by atoms with van der Waals surface area (Å²) in [5.41, 5.74) is 0.0983. The lowest BCUT2D eigenvalue weighted by molar-refractivity contribution is 0.215. The van der Waals surface area contributed by atoms with E-state index in [1.807, 2.05) is 30.1 Å². The Kier molecular flexibility index (Phi) is 2.01. The van der Waals surface area contributed by atoms with Crippen molar-refractivity contribution in [2.45, 2.75) is 18.4 Å². The molecule has 0 atom stereocenters. The van der Waals surface area contributed by atoms with Crippen molar-refractivity contribution in [3.05, 3.63) is 22.8 Å². The van der Waals surface area contributed by atoms with Gasteiger partial charge in [-0.25, -0.2) is 9.78 Å². The molecular weight excluding hydrogens is 270 g/mol. The van der Waals surface area contributed by atoms with Gasteiger partial charge in [-0.15, -0.1) is 0 Å². The number of likely N-dealkylation sites (N-methyl/N-ethyl adjacent to an activating group) is 1. The number of amides is 2. The molecular formula is C11H12BrN3O. The zero-order chi connectivity index (χ0) is 11.3. The third kappa shape index (κ3) is 1.34. The van der Waals surface area contributed by atoms with Gasteiger partial charge in [0.1, 0.15) is 10.4 Å². The van der Waals surface area contributed by atoms with Crippen molar-refractivity contribution in [1.82, 2.24) is 9.88 Å². The Morgan fingerprint density at radius 3 is 2.75 bits per heavy atom. The van der Waals surface area contributed by atoms with E-state index < -0.39 is 0 Å². The van der Waals surface area contributed by atoms with Crippen molar-refractivity contribution in [3.63, 3.8) is 0 Å². The summed E-state index contributed by atoms with van der Waals surface area (Å²) < 4.78 is 0.761. The van der Waals surface area contributed by atoms with Crippen LogP contribution in [-0.2, 0) is 0 Å². The number of hydrogen-bond acceptors (Lipinski definition) is 2. The van der Waals surface area contributed by atoms with Crippen molar-refractivity contribution in [1.29, 1.82) is 0 Å². The van der Waals surface area contributed by atoms with E-state index >= 15 is 0 Å². The second-order valence-electron chi connectivity index (χ2n) is 4.47. The average Bonchev–Trinajstić information content (AvgIpc) is 3.00. The highest BCUT2D eigenvalue weighted by atomic mass is 79.9. The molecule has 2 heterocycles. The molecule has 1 aromatic heterocycles. The van der Waals surface area contributed by atoms with Gasteiger partial charge in [-0.1, -0.05) is 6.07 Å². The van der Waals surface area contributed by atoms with E-state index in [0.29, 0.717) is 0 Å². The Bertz CT molecular complexity index is 458. The molecule has 0 N–H and O–H groups in total.